The fourth-order valence-electron chi connectivity index (χ4n) is 1.50. The first kappa shape index (κ1) is 13.2. The molecule has 0 aliphatic heterocycles. The monoisotopic (exact) mass is 240 g/mol. The van der Waals surface area contributed by atoms with Crippen molar-refractivity contribution in [1.82, 2.24) is 9.88 Å². The summed E-state index contributed by atoms with van der Waals surface area (Å²) < 4.78 is 1.69. The molecule has 0 fully saturated rings. The van der Waals surface area contributed by atoms with Crippen molar-refractivity contribution in [3.63, 3.8) is 0 Å². The van der Waals surface area contributed by atoms with E-state index in [1.54, 1.807) is 22.9 Å². The molecule has 0 saturated heterocycles. The largest absolute Gasteiger partial charge is 0.480 e. The number of aliphatic hydroxyl groups is 1. The molecular formula is C11H16N2O4. The maximum absolute atomic E-state index is 11.8. The molecule has 2 atom stereocenters. The molecule has 0 saturated carbocycles. The Morgan fingerprint density at radius 3 is 2.65 bits per heavy atom. The topological polar surface area (TPSA) is 91.6 Å². The van der Waals surface area contributed by atoms with Crippen molar-refractivity contribution in [2.75, 3.05) is 0 Å². The molecule has 0 aromatic carbocycles. The van der Waals surface area contributed by atoms with E-state index >= 15 is 0 Å². The van der Waals surface area contributed by atoms with Crippen LogP contribution in [-0.4, -0.2) is 38.8 Å². The molecule has 1 aromatic rings. The fourth-order valence-corrected chi connectivity index (χ4v) is 1.50. The Morgan fingerprint density at radius 1 is 1.53 bits per heavy atom. The average molecular weight is 240 g/mol. The summed E-state index contributed by atoms with van der Waals surface area (Å²) in [6, 6.07) is 2.00. The summed E-state index contributed by atoms with van der Waals surface area (Å²) in [7, 11) is 0. The van der Waals surface area contributed by atoms with E-state index in [1.165, 1.54) is 6.92 Å². The van der Waals surface area contributed by atoms with Gasteiger partial charge in [0.15, 0.2) is 6.04 Å². The van der Waals surface area contributed by atoms with E-state index in [2.05, 4.69) is 5.32 Å². The Hall–Kier alpha value is -1.82. The van der Waals surface area contributed by atoms with Gasteiger partial charge in [0, 0.05) is 12.7 Å². The van der Waals surface area contributed by atoms with Crippen molar-refractivity contribution < 1.29 is 19.8 Å². The van der Waals surface area contributed by atoms with Gasteiger partial charge in [-0.2, -0.15) is 0 Å². The zero-order valence-electron chi connectivity index (χ0n) is 9.75. The quantitative estimate of drug-likeness (QED) is 0.679. The van der Waals surface area contributed by atoms with Crippen molar-refractivity contribution in [3.8, 4) is 0 Å². The summed E-state index contributed by atoms with van der Waals surface area (Å²) in [6.45, 7) is 3.81. The number of nitrogens with one attached hydrogen (secondary N) is 1. The molecule has 0 aliphatic carbocycles. The molecular weight excluding hydrogens is 224 g/mol. The zero-order chi connectivity index (χ0) is 13.0. The summed E-state index contributed by atoms with van der Waals surface area (Å²) in [6.07, 6.45) is 0.578. The van der Waals surface area contributed by atoms with Crippen LogP contribution in [0.2, 0.25) is 0 Å². The Labute approximate surface area is 98.9 Å². The van der Waals surface area contributed by atoms with E-state index in [0.717, 1.165) is 0 Å². The third-order valence-electron chi connectivity index (χ3n) is 2.44. The van der Waals surface area contributed by atoms with Crippen LogP contribution in [0.5, 0.6) is 0 Å². The molecule has 6 nitrogen and oxygen atoms in total. The molecule has 2 unspecified atom stereocenters. The van der Waals surface area contributed by atoms with E-state index < -0.39 is 24.0 Å². The van der Waals surface area contributed by atoms with Gasteiger partial charge in [-0.1, -0.05) is 0 Å². The number of carbonyl (C=O) groups is 2. The predicted octanol–water partition coefficient (Wildman–Crippen LogP) is 0.0718. The molecule has 1 aromatic heterocycles. The second-order valence-corrected chi connectivity index (χ2v) is 3.71. The highest BCUT2D eigenvalue weighted by Gasteiger charge is 2.26. The molecule has 3 N–H and O–H groups in total. The maximum atomic E-state index is 11.8. The Balaban J connectivity index is 2.81. The first-order valence-corrected chi connectivity index (χ1v) is 5.34. The number of aliphatic carboxylic acids is 1. The van der Waals surface area contributed by atoms with Crippen LogP contribution in [0, 0.1) is 0 Å². The smallest absolute Gasteiger partial charge is 0.328 e. The molecule has 0 bridgehead atoms. The van der Waals surface area contributed by atoms with Crippen molar-refractivity contribution >= 4 is 11.9 Å². The minimum absolute atomic E-state index is 0.374. The summed E-state index contributed by atoms with van der Waals surface area (Å²) in [5.74, 6) is -1.77. The van der Waals surface area contributed by atoms with E-state index in [1.807, 2.05) is 6.92 Å². The van der Waals surface area contributed by atoms with Crippen LogP contribution in [0.4, 0.5) is 0 Å². The lowest BCUT2D eigenvalue weighted by Gasteiger charge is -2.17. The summed E-state index contributed by atoms with van der Waals surface area (Å²) in [4.78, 5) is 22.6. The second-order valence-electron chi connectivity index (χ2n) is 3.71. The summed E-state index contributed by atoms with van der Waals surface area (Å²) >= 11 is 0. The number of hydrogen-bond donors (Lipinski definition) is 3. The molecule has 0 radical (unpaired) electrons. The molecule has 0 aliphatic rings. The Kier molecular flexibility index (Phi) is 4.28. The highest BCUT2D eigenvalue weighted by molar-refractivity contribution is 5.95. The molecule has 17 heavy (non-hydrogen) atoms. The standard InChI is InChI=1S/C11H16N2O4/c1-3-13-6-4-5-8(13)10(15)12-9(7(2)14)11(16)17/h4-7,9,14H,3H2,1-2H3,(H,12,15)(H,16,17). The number of carbonyl (C=O) groups excluding carboxylic acids is 1. The van der Waals surface area contributed by atoms with Crippen molar-refractivity contribution in [1.29, 1.82) is 0 Å². The molecule has 6 heteroatoms. The number of hydrogen-bond acceptors (Lipinski definition) is 3. The normalized spacial score (nSPS) is 14.1. The molecule has 1 heterocycles. The van der Waals surface area contributed by atoms with Crippen LogP contribution in [0.1, 0.15) is 24.3 Å². The summed E-state index contributed by atoms with van der Waals surface area (Å²) in [5, 5.41) is 20.4. The minimum atomic E-state index is -1.30. The van der Waals surface area contributed by atoms with Crippen molar-refractivity contribution in [3.05, 3.63) is 24.0 Å². The van der Waals surface area contributed by atoms with Crippen LogP contribution in [-0.2, 0) is 11.3 Å². The maximum Gasteiger partial charge on any atom is 0.328 e. The van der Waals surface area contributed by atoms with E-state index in [4.69, 9.17) is 5.11 Å². The average Bonchev–Trinajstić information content (AvgIpc) is 2.72. The number of nitrogens with zero attached hydrogens (tertiary/aromatic N) is 1. The lowest BCUT2D eigenvalue weighted by molar-refractivity contribution is -0.141. The third kappa shape index (κ3) is 3.07. The number of carboxylic acids is 1. The van der Waals surface area contributed by atoms with Crippen LogP contribution < -0.4 is 5.32 Å². The number of carboxylic acid groups (broad SMARTS) is 1. The van der Waals surface area contributed by atoms with Crippen LogP contribution in [0.3, 0.4) is 0 Å². The first-order valence-electron chi connectivity index (χ1n) is 5.34. The van der Waals surface area contributed by atoms with Crippen LogP contribution in [0.25, 0.3) is 0 Å². The number of aryl methyl sites for hydroxylation is 1. The predicted molar refractivity (Wildman–Crippen MR) is 60.7 cm³/mol. The Bertz CT molecular complexity index is 411. The SMILES string of the molecule is CCn1cccc1C(=O)NC(C(=O)O)C(C)O. The van der Waals surface area contributed by atoms with Gasteiger partial charge < -0.3 is 20.1 Å². The highest BCUT2D eigenvalue weighted by atomic mass is 16.4. The molecule has 1 rings (SSSR count). The van der Waals surface area contributed by atoms with Gasteiger partial charge in [0.25, 0.3) is 5.91 Å². The number of rotatable bonds is 5. The van der Waals surface area contributed by atoms with Gasteiger partial charge in [-0.05, 0) is 26.0 Å². The molecule has 0 spiro atoms. The van der Waals surface area contributed by atoms with Crippen LogP contribution in [0.15, 0.2) is 18.3 Å². The number of amides is 1. The van der Waals surface area contributed by atoms with Gasteiger partial charge in [0.2, 0.25) is 0 Å². The number of aromatic nitrogens is 1. The van der Waals surface area contributed by atoms with Crippen molar-refractivity contribution in [2.24, 2.45) is 0 Å². The van der Waals surface area contributed by atoms with E-state index in [-0.39, 0.29) is 0 Å². The zero-order valence-corrected chi connectivity index (χ0v) is 9.75. The fraction of sp³-hybridized carbons (Fsp3) is 0.455. The Morgan fingerprint density at radius 2 is 2.18 bits per heavy atom. The van der Waals surface area contributed by atoms with E-state index in [0.29, 0.717) is 12.2 Å². The third-order valence-corrected chi connectivity index (χ3v) is 2.44. The van der Waals surface area contributed by atoms with Gasteiger partial charge in [-0.3, -0.25) is 4.79 Å². The van der Waals surface area contributed by atoms with Crippen molar-refractivity contribution in [2.45, 2.75) is 32.5 Å². The van der Waals surface area contributed by atoms with Gasteiger partial charge in [0.05, 0.1) is 6.10 Å². The van der Waals surface area contributed by atoms with Gasteiger partial charge in [0.1, 0.15) is 5.69 Å². The first-order chi connectivity index (χ1) is 7.97. The summed E-state index contributed by atoms with van der Waals surface area (Å²) in [5.41, 5.74) is 0.374. The highest BCUT2D eigenvalue weighted by Crippen LogP contribution is 2.03. The van der Waals surface area contributed by atoms with Gasteiger partial charge in [-0.15, -0.1) is 0 Å². The lowest BCUT2D eigenvalue weighted by atomic mass is 10.2. The number of aliphatic hydroxyl groups excluding tert-OH is 1. The van der Waals surface area contributed by atoms with Crippen LogP contribution >= 0.6 is 0 Å². The second kappa shape index (κ2) is 5.49. The van der Waals surface area contributed by atoms with Gasteiger partial charge in [-0.25, -0.2) is 4.79 Å². The molecule has 94 valence electrons. The lowest BCUT2D eigenvalue weighted by Crippen LogP contribution is -2.48. The minimum Gasteiger partial charge on any atom is -0.480 e. The molecule has 1 amide bonds. The van der Waals surface area contributed by atoms with E-state index in [9.17, 15) is 14.7 Å². The van der Waals surface area contributed by atoms with Gasteiger partial charge >= 0.3 is 5.97 Å².